The highest BCUT2D eigenvalue weighted by Gasteiger charge is 2.40. The molecule has 2 aromatic carbocycles. The van der Waals surface area contributed by atoms with E-state index in [2.05, 4.69) is 28.4 Å². The van der Waals surface area contributed by atoms with Crippen LogP contribution in [0.3, 0.4) is 0 Å². The molecule has 3 amide bonds. The van der Waals surface area contributed by atoms with E-state index in [1.54, 1.807) is 23.5 Å². The number of hydrogen-bond donors (Lipinski definition) is 1. The number of carbonyl (C=O) groups excluding carboxylic acids is 3. The van der Waals surface area contributed by atoms with Crippen molar-refractivity contribution in [3.8, 4) is 5.75 Å². The van der Waals surface area contributed by atoms with Crippen molar-refractivity contribution in [2.24, 2.45) is 0 Å². The minimum Gasteiger partial charge on any atom is -0.486 e. The van der Waals surface area contributed by atoms with Crippen molar-refractivity contribution >= 4 is 39.3 Å². The van der Waals surface area contributed by atoms with Crippen LogP contribution in [0.25, 0.3) is 10.2 Å². The van der Waals surface area contributed by atoms with Gasteiger partial charge >= 0.3 is 0 Å². The van der Waals surface area contributed by atoms with Crippen LogP contribution in [-0.2, 0) is 34.0 Å². The predicted octanol–water partition coefficient (Wildman–Crippen LogP) is 2.47. The lowest BCUT2D eigenvalue weighted by molar-refractivity contribution is -0.136. The number of thiazole rings is 1. The monoisotopic (exact) mass is 506 g/mol. The molecule has 1 N–H and O–H groups in total. The zero-order valence-electron chi connectivity index (χ0n) is 19.7. The van der Waals surface area contributed by atoms with Gasteiger partial charge in [0.2, 0.25) is 11.8 Å². The van der Waals surface area contributed by atoms with Crippen molar-refractivity contribution in [2.75, 3.05) is 26.3 Å². The second-order valence-corrected chi connectivity index (χ2v) is 10.4. The highest BCUT2D eigenvalue weighted by molar-refractivity contribution is 7.18. The Hall–Kier alpha value is -3.34. The third-order valence-electron chi connectivity index (χ3n) is 6.90. The summed E-state index contributed by atoms with van der Waals surface area (Å²) < 4.78 is 12.7. The molecular weight excluding hydrogens is 480 g/mol. The molecule has 1 unspecified atom stereocenters. The number of carbonyl (C=O) groups is 3. The smallest absolute Gasteiger partial charge is 0.255 e. The Bertz CT molecular complexity index is 1350. The number of ether oxygens (including phenoxy) is 2. The summed E-state index contributed by atoms with van der Waals surface area (Å²) in [5.41, 5.74) is 3.49. The van der Waals surface area contributed by atoms with E-state index < -0.39 is 11.9 Å². The predicted molar refractivity (Wildman–Crippen MR) is 133 cm³/mol. The van der Waals surface area contributed by atoms with Crippen molar-refractivity contribution in [2.45, 2.75) is 38.6 Å². The highest BCUT2D eigenvalue weighted by atomic mass is 32.1. The van der Waals surface area contributed by atoms with E-state index in [0.717, 1.165) is 53.6 Å². The first-order chi connectivity index (χ1) is 17.5. The number of piperidine rings is 1. The van der Waals surface area contributed by atoms with E-state index in [0.29, 0.717) is 24.3 Å². The van der Waals surface area contributed by atoms with Gasteiger partial charge in [-0.2, -0.15) is 0 Å². The minimum absolute atomic E-state index is 0.210. The van der Waals surface area contributed by atoms with Gasteiger partial charge in [-0.1, -0.05) is 12.1 Å². The molecule has 10 heteroatoms. The number of imide groups is 1. The SMILES string of the molecule is O=C1CCC(N2Cc3c(OCc4nc5cc(CN6CCOCC6)ccc5s4)cccc3C2=O)C(=O)N1. The Labute approximate surface area is 212 Å². The molecule has 1 atom stereocenters. The van der Waals surface area contributed by atoms with Crippen LogP contribution in [0.4, 0.5) is 0 Å². The topological polar surface area (TPSA) is 101 Å². The summed E-state index contributed by atoms with van der Waals surface area (Å²) in [6.45, 7) is 4.90. The van der Waals surface area contributed by atoms with Gasteiger partial charge in [0.15, 0.2) is 0 Å². The Morgan fingerprint density at radius 1 is 1.14 bits per heavy atom. The van der Waals surface area contributed by atoms with E-state index in [-0.39, 0.29) is 24.8 Å². The molecule has 6 rings (SSSR count). The molecule has 0 bridgehead atoms. The van der Waals surface area contributed by atoms with Crippen LogP contribution in [0.15, 0.2) is 36.4 Å². The Morgan fingerprint density at radius 2 is 2.00 bits per heavy atom. The molecule has 0 spiro atoms. The minimum atomic E-state index is -0.647. The van der Waals surface area contributed by atoms with E-state index >= 15 is 0 Å². The molecule has 3 aromatic rings. The van der Waals surface area contributed by atoms with Crippen molar-refractivity contribution < 1.29 is 23.9 Å². The average Bonchev–Trinajstić information content (AvgIpc) is 3.44. The van der Waals surface area contributed by atoms with Gasteiger partial charge in [-0.15, -0.1) is 11.3 Å². The quantitative estimate of drug-likeness (QED) is 0.513. The molecule has 3 aliphatic heterocycles. The lowest BCUT2D eigenvalue weighted by atomic mass is 10.0. The van der Waals surface area contributed by atoms with Crippen LogP contribution in [0.1, 0.15) is 39.3 Å². The van der Waals surface area contributed by atoms with E-state index in [1.165, 1.54) is 10.5 Å². The fraction of sp³-hybridized carbons (Fsp3) is 0.385. The molecule has 186 valence electrons. The molecule has 9 nitrogen and oxygen atoms in total. The summed E-state index contributed by atoms with van der Waals surface area (Å²) in [6, 6.07) is 11.1. The lowest BCUT2D eigenvalue weighted by Gasteiger charge is -2.29. The van der Waals surface area contributed by atoms with E-state index in [9.17, 15) is 14.4 Å². The zero-order chi connectivity index (χ0) is 24.6. The molecule has 2 saturated heterocycles. The van der Waals surface area contributed by atoms with Gasteiger partial charge in [-0.25, -0.2) is 4.98 Å². The zero-order valence-corrected chi connectivity index (χ0v) is 20.5. The maximum Gasteiger partial charge on any atom is 0.255 e. The number of amides is 3. The van der Waals surface area contributed by atoms with Gasteiger partial charge in [0.05, 0.1) is 30.0 Å². The highest BCUT2D eigenvalue weighted by Crippen LogP contribution is 2.34. The molecule has 36 heavy (non-hydrogen) atoms. The number of fused-ring (bicyclic) bond motifs is 2. The first-order valence-electron chi connectivity index (χ1n) is 12.1. The van der Waals surface area contributed by atoms with Crippen molar-refractivity contribution in [1.29, 1.82) is 0 Å². The van der Waals surface area contributed by atoms with Crippen LogP contribution in [0, 0.1) is 0 Å². The van der Waals surface area contributed by atoms with E-state index in [4.69, 9.17) is 14.5 Å². The van der Waals surface area contributed by atoms with Gasteiger partial charge in [-0.05, 0) is 36.2 Å². The number of hydrogen-bond acceptors (Lipinski definition) is 8. The molecule has 0 radical (unpaired) electrons. The molecule has 1 aromatic heterocycles. The third-order valence-corrected chi connectivity index (χ3v) is 7.91. The Morgan fingerprint density at radius 3 is 2.83 bits per heavy atom. The van der Waals surface area contributed by atoms with Gasteiger partial charge in [-0.3, -0.25) is 24.6 Å². The summed E-state index contributed by atoms with van der Waals surface area (Å²) in [4.78, 5) is 45.6. The molecular formula is C26H26N4O5S. The summed E-state index contributed by atoms with van der Waals surface area (Å²) in [5, 5.41) is 3.19. The van der Waals surface area contributed by atoms with Gasteiger partial charge in [0, 0.05) is 37.2 Å². The number of nitrogens with zero attached hydrogens (tertiary/aromatic N) is 3. The summed E-state index contributed by atoms with van der Waals surface area (Å²) in [6.07, 6.45) is 0.561. The second kappa shape index (κ2) is 9.61. The average molecular weight is 507 g/mol. The Kier molecular flexibility index (Phi) is 6.16. The molecule has 2 fully saturated rings. The van der Waals surface area contributed by atoms with Gasteiger partial charge in [0.25, 0.3) is 5.91 Å². The van der Waals surface area contributed by atoms with Crippen LogP contribution >= 0.6 is 11.3 Å². The maximum atomic E-state index is 13.0. The molecule has 0 aliphatic carbocycles. The van der Waals surface area contributed by atoms with Crippen LogP contribution in [0.2, 0.25) is 0 Å². The van der Waals surface area contributed by atoms with E-state index in [1.807, 2.05) is 6.07 Å². The number of morpholine rings is 1. The van der Waals surface area contributed by atoms with Crippen molar-refractivity contribution in [3.05, 3.63) is 58.1 Å². The summed E-state index contributed by atoms with van der Waals surface area (Å²) >= 11 is 1.60. The van der Waals surface area contributed by atoms with Crippen LogP contribution in [-0.4, -0.2) is 64.9 Å². The summed E-state index contributed by atoms with van der Waals surface area (Å²) in [7, 11) is 0. The fourth-order valence-electron chi connectivity index (χ4n) is 5.03. The number of rotatable bonds is 6. The fourth-order valence-corrected chi connectivity index (χ4v) is 5.89. The standard InChI is InChI=1S/C26H26N4O5S/c31-23-7-5-20(25(32)28-23)30-14-18-17(26(30)33)2-1-3-21(18)35-15-24-27-19-12-16(4-6-22(19)36-24)13-29-8-10-34-11-9-29/h1-4,6,12,20H,5,7-11,13-15H2,(H,28,31,32). The third kappa shape index (κ3) is 4.47. The normalized spacial score (nSPS) is 20.6. The number of nitrogens with one attached hydrogen (secondary N) is 1. The summed E-state index contributed by atoms with van der Waals surface area (Å²) in [5.74, 6) is -0.313. The second-order valence-electron chi connectivity index (χ2n) is 9.27. The maximum absolute atomic E-state index is 13.0. The lowest BCUT2D eigenvalue weighted by Crippen LogP contribution is -2.52. The van der Waals surface area contributed by atoms with Crippen LogP contribution < -0.4 is 10.1 Å². The van der Waals surface area contributed by atoms with Crippen LogP contribution in [0.5, 0.6) is 5.75 Å². The van der Waals surface area contributed by atoms with Gasteiger partial charge in [0.1, 0.15) is 23.4 Å². The first kappa shape index (κ1) is 23.1. The molecule has 0 saturated carbocycles. The van der Waals surface area contributed by atoms with Crippen molar-refractivity contribution in [1.82, 2.24) is 20.1 Å². The first-order valence-corrected chi connectivity index (χ1v) is 12.9. The number of aromatic nitrogens is 1. The molecule has 4 heterocycles. The Balaban J connectivity index is 1.15. The molecule has 3 aliphatic rings. The van der Waals surface area contributed by atoms with Crippen molar-refractivity contribution in [3.63, 3.8) is 0 Å². The van der Waals surface area contributed by atoms with Gasteiger partial charge < -0.3 is 14.4 Å². The largest absolute Gasteiger partial charge is 0.486 e. The number of benzene rings is 2.